The lowest BCUT2D eigenvalue weighted by Gasteiger charge is -2.21. The van der Waals surface area contributed by atoms with E-state index in [4.69, 9.17) is 4.74 Å². The zero-order chi connectivity index (χ0) is 13.1. The molecule has 1 heterocycles. The van der Waals surface area contributed by atoms with Gasteiger partial charge in [0.25, 0.3) is 0 Å². The lowest BCUT2D eigenvalue weighted by molar-refractivity contribution is 0.0900. The van der Waals surface area contributed by atoms with Gasteiger partial charge in [-0.15, -0.1) is 0 Å². The summed E-state index contributed by atoms with van der Waals surface area (Å²) in [5, 5.41) is 3.54. The molecule has 0 amide bonds. The van der Waals surface area contributed by atoms with Gasteiger partial charge in [0.1, 0.15) is 0 Å². The van der Waals surface area contributed by atoms with Crippen molar-refractivity contribution in [1.82, 2.24) is 5.32 Å². The minimum atomic E-state index is 0.273. The number of rotatable bonds is 4. The van der Waals surface area contributed by atoms with E-state index in [0.717, 1.165) is 19.6 Å². The van der Waals surface area contributed by atoms with Crippen molar-refractivity contribution in [3.8, 4) is 0 Å². The molecule has 0 aliphatic carbocycles. The summed E-state index contributed by atoms with van der Waals surface area (Å²) in [6, 6.07) is 7.31. The molecule has 2 unspecified atom stereocenters. The van der Waals surface area contributed by atoms with Crippen LogP contribution < -0.4 is 5.32 Å². The highest BCUT2D eigenvalue weighted by Crippen LogP contribution is 2.34. The Hall–Kier alpha value is -0.860. The van der Waals surface area contributed by atoms with Crippen LogP contribution in [-0.2, 0) is 4.74 Å². The number of ether oxygens (including phenoxy) is 1. The lowest BCUT2D eigenvalue weighted by Crippen LogP contribution is -2.30. The van der Waals surface area contributed by atoms with E-state index >= 15 is 0 Å². The fourth-order valence-electron chi connectivity index (χ4n) is 2.77. The first-order valence-corrected chi connectivity index (χ1v) is 6.99. The van der Waals surface area contributed by atoms with Crippen molar-refractivity contribution < 1.29 is 4.74 Å². The van der Waals surface area contributed by atoms with Crippen LogP contribution in [0.4, 0.5) is 0 Å². The van der Waals surface area contributed by atoms with Crippen molar-refractivity contribution >= 4 is 0 Å². The molecule has 2 heteroatoms. The zero-order valence-electron chi connectivity index (χ0n) is 12.0. The first-order valence-electron chi connectivity index (χ1n) is 6.99. The van der Waals surface area contributed by atoms with Gasteiger partial charge in [-0.3, -0.25) is 0 Å². The van der Waals surface area contributed by atoms with Gasteiger partial charge in [-0.25, -0.2) is 0 Å². The van der Waals surface area contributed by atoms with Crippen molar-refractivity contribution in [2.24, 2.45) is 5.92 Å². The molecule has 18 heavy (non-hydrogen) atoms. The second-order valence-corrected chi connectivity index (χ2v) is 5.82. The number of hydrogen-bond donors (Lipinski definition) is 1. The number of hydrogen-bond acceptors (Lipinski definition) is 2. The molecule has 0 radical (unpaired) electrons. The molecule has 0 spiro atoms. The minimum Gasteiger partial charge on any atom is -0.373 e. The van der Waals surface area contributed by atoms with E-state index < -0.39 is 0 Å². The summed E-state index contributed by atoms with van der Waals surface area (Å²) in [7, 11) is 0. The molecule has 1 aromatic carbocycles. The Morgan fingerprint density at radius 3 is 2.50 bits per heavy atom. The van der Waals surface area contributed by atoms with Gasteiger partial charge < -0.3 is 10.1 Å². The van der Waals surface area contributed by atoms with Gasteiger partial charge in [0.15, 0.2) is 0 Å². The average molecular weight is 247 g/mol. The topological polar surface area (TPSA) is 21.3 Å². The van der Waals surface area contributed by atoms with Crippen LogP contribution in [0.3, 0.4) is 0 Å². The van der Waals surface area contributed by atoms with Gasteiger partial charge >= 0.3 is 0 Å². The second-order valence-electron chi connectivity index (χ2n) is 5.82. The molecule has 1 aromatic rings. The molecular weight excluding hydrogens is 222 g/mol. The van der Waals surface area contributed by atoms with E-state index in [0.29, 0.717) is 12.0 Å². The maximum absolute atomic E-state index is 5.95. The molecule has 0 aromatic heterocycles. The molecular formula is C16H25NO. The molecule has 2 nitrogen and oxygen atoms in total. The van der Waals surface area contributed by atoms with Crippen LogP contribution in [0.1, 0.15) is 43.1 Å². The van der Waals surface area contributed by atoms with Gasteiger partial charge in [0, 0.05) is 25.1 Å². The van der Waals surface area contributed by atoms with Gasteiger partial charge in [-0.05, 0) is 25.8 Å². The highest BCUT2D eigenvalue weighted by Gasteiger charge is 2.29. The van der Waals surface area contributed by atoms with E-state index in [1.54, 1.807) is 0 Å². The molecule has 0 saturated carbocycles. The predicted molar refractivity (Wildman–Crippen MR) is 75.9 cm³/mol. The number of benzene rings is 1. The van der Waals surface area contributed by atoms with Crippen molar-refractivity contribution in [3.05, 3.63) is 34.9 Å². The van der Waals surface area contributed by atoms with Gasteiger partial charge in [0.05, 0.1) is 6.10 Å². The second kappa shape index (κ2) is 5.85. The third kappa shape index (κ3) is 3.33. The highest BCUT2D eigenvalue weighted by atomic mass is 16.5. The fraction of sp³-hybridized carbons (Fsp3) is 0.625. The van der Waals surface area contributed by atoms with Crippen molar-refractivity contribution in [2.45, 2.75) is 46.3 Å². The Balaban J connectivity index is 2.10. The van der Waals surface area contributed by atoms with Crippen LogP contribution in [-0.4, -0.2) is 19.2 Å². The summed E-state index contributed by atoms with van der Waals surface area (Å²) in [5.74, 6) is 0.605. The van der Waals surface area contributed by atoms with Crippen molar-refractivity contribution in [3.63, 3.8) is 0 Å². The molecule has 1 N–H and O–H groups in total. The van der Waals surface area contributed by atoms with E-state index in [2.05, 4.69) is 51.2 Å². The molecule has 0 bridgehead atoms. The molecule has 1 fully saturated rings. The number of aryl methyl sites for hydroxylation is 2. The van der Waals surface area contributed by atoms with Crippen LogP contribution in [0.5, 0.6) is 0 Å². The van der Waals surface area contributed by atoms with Gasteiger partial charge in [-0.2, -0.15) is 0 Å². The monoisotopic (exact) mass is 247 g/mol. The summed E-state index contributed by atoms with van der Waals surface area (Å²) >= 11 is 0. The Morgan fingerprint density at radius 2 is 1.89 bits per heavy atom. The minimum absolute atomic E-state index is 0.273. The average Bonchev–Trinajstić information content (AvgIpc) is 2.72. The Kier molecular flexibility index (Phi) is 4.41. The van der Waals surface area contributed by atoms with Gasteiger partial charge in [0.2, 0.25) is 0 Å². The quantitative estimate of drug-likeness (QED) is 0.880. The first kappa shape index (κ1) is 13.6. The smallest absolute Gasteiger partial charge is 0.0866 e. The van der Waals surface area contributed by atoms with Crippen LogP contribution >= 0.6 is 0 Å². The van der Waals surface area contributed by atoms with Gasteiger partial charge in [-0.1, -0.05) is 43.2 Å². The van der Waals surface area contributed by atoms with Crippen LogP contribution in [0.15, 0.2) is 18.2 Å². The van der Waals surface area contributed by atoms with Crippen LogP contribution in [0.25, 0.3) is 0 Å². The van der Waals surface area contributed by atoms with Crippen LogP contribution in [0.2, 0.25) is 0 Å². The fourth-order valence-corrected chi connectivity index (χ4v) is 2.77. The normalized spacial score (nSPS) is 23.8. The van der Waals surface area contributed by atoms with E-state index in [9.17, 15) is 0 Å². The standard InChI is InChI=1S/C16H25NO/c1-11(2)17-10-14-5-6-18-16(14)15-8-12(3)7-13(4)9-15/h7-9,11,14,16-17H,5-6,10H2,1-4H3. The molecule has 2 atom stereocenters. The Morgan fingerprint density at radius 1 is 1.22 bits per heavy atom. The third-order valence-corrected chi connectivity index (χ3v) is 3.58. The molecule has 2 rings (SSSR count). The van der Waals surface area contributed by atoms with Crippen LogP contribution in [0, 0.1) is 19.8 Å². The SMILES string of the molecule is Cc1cc(C)cc(C2OCCC2CNC(C)C)c1. The predicted octanol–water partition coefficient (Wildman–Crippen LogP) is 3.38. The van der Waals surface area contributed by atoms with E-state index in [-0.39, 0.29) is 6.10 Å². The summed E-state index contributed by atoms with van der Waals surface area (Å²) in [4.78, 5) is 0. The van der Waals surface area contributed by atoms with E-state index in [1.807, 2.05) is 0 Å². The lowest BCUT2D eigenvalue weighted by atomic mass is 9.93. The summed E-state index contributed by atoms with van der Waals surface area (Å²) in [6.45, 7) is 10.7. The molecule has 100 valence electrons. The maximum atomic E-state index is 5.95. The Bertz CT molecular complexity index is 380. The van der Waals surface area contributed by atoms with E-state index in [1.165, 1.54) is 16.7 Å². The summed E-state index contributed by atoms with van der Waals surface area (Å²) in [6.07, 6.45) is 1.44. The maximum Gasteiger partial charge on any atom is 0.0866 e. The first-order chi connectivity index (χ1) is 8.56. The molecule has 1 aliphatic rings. The molecule has 1 saturated heterocycles. The van der Waals surface area contributed by atoms with Crippen molar-refractivity contribution in [1.29, 1.82) is 0 Å². The summed E-state index contributed by atoms with van der Waals surface area (Å²) in [5.41, 5.74) is 4.01. The largest absolute Gasteiger partial charge is 0.373 e. The van der Waals surface area contributed by atoms with Crippen molar-refractivity contribution in [2.75, 3.05) is 13.2 Å². The highest BCUT2D eigenvalue weighted by molar-refractivity contribution is 5.30. The summed E-state index contributed by atoms with van der Waals surface area (Å²) < 4.78 is 5.95. The zero-order valence-corrected chi connectivity index (χ0v) is 12.0. The Labute approximate surface area is 111 Å². The number of nitrogens with one attached hydrogen (secondary N) is 1. The molecule has 1 aliphatic heterocycles. The third-order valence-electron chi connectivity index (χ3n) is 3.58.